The Kier molecular flexibility index (Phi) is 15.4. The molecule has 1 aromatic heterocycles. The van der Waals surface area contributed by atoms with Crippen molar-refractivity contribution in [3.63, 3.8) is 0 Å². The first-order chi connectivity index (χ1) is 32.1. The van der Waals surface area contributed by atoms with Crippen LogP contribution in [0, 0.1) is 0 Å². The van der Waals surface area contributed by atoms with Gasteiger partial charge in [-0.1, -0.05) is 85.3 Å². The number of methoxy groups -OCH3 is 2. The van der Waals surface area contributed by atoms with Crippen molar-refractivity contribution in [1.82, 2.24) is 14.9 Å². The fraction of sp³-hybridized carbons (Fsp3) is 0.271. The van der Waals surface area contributed by atoms with Crippen LogP contribution in [0.4, 0.5) is 4.79 Å². The van der Waals surface area contributed by atoms with Gasteiger partial charge in [0.15, 0.2) is 16.1 Å². The van der Waals surface area contributed by atoms with Gasteiger partial charge in [-0.05, 0) is 89.3 Å². The summed E-state index contributed by atoms with van der Waals surface area (Å²) in [7, 11) is -4.70. The maximum atomic E-state index is 14.3. The normalized spacial score (nSPS) is 18.1. The van der Waals surface area contributed by atoms with Crippen molar-refractivity contribution < 1.29 is 50.5 Å². The lowest BCUT2D eigenvalue weighted by Crippen LogP contribution is -2.49. The lowest BCUT2D eigenvalue weighted by atomic mass is 9.80. The average molecular weight is 974 g/mol. The minimum atomic E-state index is -4.06. The second-order valence-corrected chi connectivity index (χ2v) is 19.9. The van der Waals surface area contributed by atoms with Crippen LogP contribution in [0.25, 0.3) is 0 Å². The van der Waals surface area contributed by atoms with Crippen LogP contribution in [0.2, 0.25) is 5.02 Å². The maximum absolute atomic E-state index is 14.3. The molecule has 2 heterocycles. The number of benzene rings is 5. The summed E-state index contributed by atoms with van der Waals surface area (Å²) in [5.74, 6) is 1.02. The second-order valence-electron chi connectivity index (χ2n) is 15.4. The number of hydrogen-bond acceptors (Lipinski definition) is 13. The zero-order valence-corrected chi connectivity index (χ0v) is 39.4. The summed E-state index contributed by atoms with van der Waals surface area (Å²) < 4.78 is 82.6. The summed E-state index contributed by atoms with van der Waals surface area (Å²) in [5, 5.41) is 2.96. The van der Waals surface area contributed by atoms with Crippen LogP contribution in [0.3, 0.4) is 0 Å². The Bertz CT molecular complexity index is 2850. The number of carbonyl (C=O) groups excluding carboxylic acids is 1. The van der Waals surface area contributed by atoms with Crippen LogP contribution in [0.15, 0.2) is 154 Å². The third-order valence-electron chi connectivity index (χ3n) is 11.0. The van der Waals surface area contributed by atoms with Crippen LogP contribution >= 0.6 is 19.2 Å². The lowest BCUT2D eigenvalue weighted by molar-refractivity contribution is -0.0214. The summed E-state index contributed by atoms with van der Waals surface area (Å²) >= 11 is 5.90. The highest BCUT2D eigenvalue weighted by Crippen LogP contribution is 2.50. The number of nitrogens with one attached hydrogen (secondary N) is 2. The van der Waals surface area contributed by atoms with E-state index in [0.717, 1.165) is 32.9 Å². The van der Waals surface area contributed by atoms with Crippen molar-refractivity contribution >= 4 is 35.1 Å². The van der Waals surface area contributed by atoms with E-state index < -0.39 is 77.2 Å². The van der Waals surface area contributed by atoms with E-state index in [0.29, 0.717) is 16.5 Å². The minimum Gasteiger partial charge on any atom is -0.497 e. The van der Waals surface area contributed by atoms with Crippen LogP contribution < -0.4 is 30.6 Å². The van der Waals surface area contributed by atoms with Gasteiger partial charge in [0.2, 0.25) is 0 Å². The predicted molar refractivity (Wildman–Crippen MR) is 250 cm³/mol. The van der Waals surface area contributed by atoms with Crippen LogP contribution in [-0.4, -0.2) is 75.6 Å². The molecule has 1 aliphatic rings. The van der Waals surface area contributed by atoms with Gasteiger partial charge in [-0.2, -0.15) is 0 Å². The third kappa shape index (κ3) is 11.5. The number of H-pyrrole nitrogens is 1. The van der Waals surface area contributed by atoms with Crippen molar-refractivity contribution in [2.24, 2.45) is 0 Å². The lowest BCUT2D eigenvalue weighted by Gasteiger charge is -2.36. The first-order valence-electron chi connectivity index (χ1n) is 21.1. The quantitative estimate of drug-likeness (QED) is 0.0587. The van der Waals surface area contributed by atoms with E-state index in [1.165, 1.54) is 37.1 Å². The molecule has 67 heavy (non-hydrogen) atoms. The molecular weight excluding hydrogens is 925 g/mol. The molecule has 5 atom stereocenters. The third-order valence-corrected chi connectivity index (χ3v) is 14.2. The molecule has 0 aliphatic carbocycles. The molecule has 0 saturated carbocycles. The highest BCUT2D eigenvalue weighted by Gasteiger charge is 2.50. The molecule has 19 heteroatoms. The van der Waals surface area contributed by atoms with Gasteiger partial charge in [0.05, 0.1) is 37.6 Å². The van der Waals surface area contributed by atoms with Gasteiger partial charge in [-0.15, -0.1) is 0 Å². The Balaban J connectivity index is 1.09. The molecule has 7 rings (SSSR count). The number of aromatic amines is 1. The molecular formula is C48H49ClN3O13PS. The number of nitrogens with zero attached hydrogens (tertiary/aromatic N) is 1. The number of hydrogen-bond donors (Lipinski definition) is 2. The van der Waals surface area contributed by atoms with E-state index in [4.69, 9.17) is 44.3 Å². The van der Waals surface area contributed by atoms with E-state index in [-0.39, 0.29) is 23.7 Å². The van der Waals surface area contributed by atoms with E-state index in [9.17, 15) is 27.4 Å². The molecule has 0 radical (unpaired) electrons. The molecule has 1 aliphatic heterocycles. The Labute approximate surface area is 392 Å². The summed E-state index contributed by atoms with van der Waals surface area (Å²) in [6.07, 6.45) is -2.99. The Morgan fingerprint density at radius 2 is 1.40 bits per heavy atom. The number of carbonyl (C=O) groups is 1. The molecule has 6 aromatic rings. The summed E-state index contributed by atoms with van der Waals surface area (Å²) in [4.78, 5) is 40.4. The van der Waals surface area contributed by atoms with Gasteiger partial charge in [0.25, 0.3) is 5.56 Å². The number of rotatable bonds is 19. The van der Waals surface area contributed by atoms with Crippen molar-refractivity contribution in [3.05, 3.63) is 188 Å². The monoisotopic (exact) mass is 973 g/mol. The Hall–Kier alpha value is -6.20. The minimum absolute atomic E-state index is 0.0110. The van der Waals surface area contributed by atoms with Crippen LogP contribution in [0.5, 0.6) is 17.2 Å². The predicted octanol–water partition coefficient (Wildman–Crippen LogP) is 7.88. The van der Waals surface area contributed by atoms with E-state index in [2.05, 4.69) is 10.3 Å². The number of alkyl carbamates (subject to hydrolysis) is 1. The number of halogens is 1. The largest absolute Gasteiger partial charge is 0.497 e. The summed E-state index contributed by atoms with van der Waals surface area (Å²) in [6, 6.07) is 37.4. The fourth-order valence-electron chi connectivity index (χ4n) is 7.74. The topological polar surface area (TPSA) is 200 Å². The van der Waals surface area contributed by atoms with E-state index >= 15 is 0 Å². The number of amides is 1. The molecule has 352 valence electrons. The molecule has 0 bridgehead atoms. The molecule has 1 amide bonds. The standard InChI is InChI=1S/C48H49ClN3O13PS/c1-5-41-44(43(45(63-41)52-28-27-42(53)50-46(52)54)51-47(55)61-29-30-67(57,58)40-25-17-36(49)18-26-40)65-66(4,56)64-39-19-11-32(12-20-39)31-62-48(33-9-7-6-8-10-33,34-13-21-37(59-2)22-14-34)35-15-23-38(60-3)24-16-35/h6-28,41,43-45H,5,29-31H2,1-4H3,(H,51,55)(H,50,53,54)/t41-,43-,44-,45-,66?/m1/s1. The Morgan fingerprint density at radius 3 is 1.97 bits per heavy atom. The zero-order valence-electron chi connectivity index (χ0n) is 36.9. The SMILES string of the molecule is CC[C@H]1O[C@@H](n2ccc(=O)[nH]c2=O)[C@H](NC(=O)OCCS(=O)(=O)c2ccc(Cl)cc2)[C@@H]1OP(C)(=O)Oc1ccc(COC(c2ccccc2)(c2ccc(OC)cc2)c2ccc(OC)cc2)cc1. The smallest absolute Gasteiger partial charge is 0.407 e. The Morgan fingerprint density at radius 1 is 0.821 bits per heavy atom. The molecule has 16 nitrogen and oxygen atoms in total. The van der Waals surface area contributed by atoms with Crippen molar-refractivity contribution in [3.8, 4) is 17.2 Å². The molecule has 1 saturated heterocycles. The molecule has 5 aromatic carbocycles. The van der Waals surface area contributed by atoms with Crippen LogP contribution in [-0.2, 0) is 45.3 Å². The number of aromatic nitrogens is 2. The van der Waals surface area contributed by atoms with Gasteiger partial charge in [0, 0.05) is 24.0 Å². The van der Waals surface area contributed by atoms with Gasteiger partial charge in [0.1, 0.15) is 41.6 Å². The second kappa shape index (κ2) is 21.2. The van der Waals surface area contributed by atoms with Crippen molar-refractivity contribution in [1.29, 1.82) is 0 Å². The number of ether oxygens (including phenoxy) is 5. The zero-order chi connectivity index (χ0) is 47.8. The van der Waals surface area contributed by atoms with Crippen molar-refractivity contribution in [2.45, 2.75) is 54.9 Å². The molecule has 1 unspecified atom stereocenters. The summed E-state index contributed by atoms with van der Waals surface area (Å²) in [5.41, 5.74) is 0.749. The van der Waals surface area contributed by atoms with Gasteiger partial charge >= 0.3 is 19.4 Å². The highest BCUT2D eigenvalue weighted by molar-refractivity contribution is 7.91. The first kappa shape index (κ1) is 48.7. The fourth-order valence-corrected chi connectivity index (χ4v) is 10.2. The van der Waals surface area contributed by atoms with Gasteiger partial charge in [-0.25, -0.2) is 22.6 Å². The molecule has 2 N–H and O–H groups in total. The first-order valence-corrected chi connectivity index (χ1v) is 25.1. The van der Waals surface area contributed by atoms with Gasteiger partial charge < -0.3 is 33.5 Å². The molecule has 0 spiro atoms. The maximum Gasteiger partial charge on any atom is 0.407 e. The van der Waals surface area contributed by atoms with Crippen LogP contribution in [0.1, 0.15) is 41.8 Å². The molecule has 1 fully saturated rings. The van der Waals surface area contributed by atoms with E-state index in [1.807, 2.05) is 78.9 Å². The van der Waals surface area contributed by atoms with E-state index in [1.54, 1.807) is 45.4 Å². The number of sulfone groups is 1. The highest BCUT2D eigenvalue weighted by atomic mass is 35.5. The van der Waals surface area contributed by atoms with Crippen molar-refractivity contribution in [2.75, 3.05) is 33.2 Å². The van der Waals surface area contributed by atoms with Gasteiger partial charge in [-0.3, -0.25) is 18.9 Å². The summed E-state index contributed by atoms with van der Waals surface area (Å²) in [6.45, 7) is 2.61. The average Bonchev–Trinajstić information content (AvgIpc) is 3.65.